The largest absolute Gasteiger partial charge is 0.296 e. The zero-order valence-electron chi connectivity index (χ0n) is 14.5. The van der Waals surface area contributed by atoms with Gasteiger partial charge in [-0.1, -0.05) is 54.6 Å². The Morgan fingerprint density at radius 3 is 2.42 bits per heavy atom. The second-order valence-corrected chi connectivity index (χ2v) is 7.96. The first-order chi connectivity index (χ1) is 11.8. The molecule has 0 bridgehead atoms. The first kappa shape index (κ1) is 17.3. The smallest absolute Gasteiger partial charge is 0.0236 e. The van der Waals surface area contributed by atoms with Crippen molar-refractivity contribution in [2.75, 3.05) is 6.54 Å². The molecule has 0 aliphatic carbocycles. The fourth-order valence-electron chi connectivity index (χ4n) is 3.69. The molecule has 1 saturated heterocycles. The molecule has 0 saturated carbocycles. The van der Waals surface area contributed by atoms with E-state index in [-0.39, 0.29) is 0 Å². The van der Waals surface area contributed by atoms with Crippen molar-refractivity contribution in [3.8, 4) is 0 Å². The predicted octanol–water partition coefficient (Wildman–Crippen LogP) is 5.63. The van der Waals surface area contributed by atoms with Crippen LogP contribution in [0.5, 0.6) is 0 Å². The van der Waals surface area contributed by atoms with Crippen molar-refractivity contribution < 1.29 is 0 Å². The van der Waals surface area contributed by atoms with E-state index in [4.69, 9.17) is 0 Å². The molecule has 0 spiro atoms. The molecule has 2 aromatic rings. The van der Waals surface area contributed by atoms with Crippen LogP contribution in [0.15, 0.2) is 78.2 Å². The van der Waals surface area contributed by atoms with Gasteiger partial charge in [0.2, 0.25) is 0 Å². The van der Waals surface area contributed by atoms with E-state index in [0.29, 0.717) is 17.2 Å². The topological polar surface area (TPSA) is 3.24 Å². The second-order valence-electron chi connectivity index (χ2n) is 6.64. The highest BCUT2D eigenvalue weighted by molar-refractivity contribution is 8.00. The number of hydrogen-bond acceptors (Lipinski definition) is 2. The van der Waals surface area contributed by atoms with E-state index in [1.54, 1.807) is 0 Å². The number of rotatable bonds is 6. The Kier molecular flexibility index (Phi) is 6.17. The Balaban J connectivity index is 1.69. The van der Waals surface area contributed by atoms with Gasteiger partial charge in [-0.3, -0.25) is 4.90 Å². The van der Waals surface area contributed by atoms with Gasteiger partial charge in [-0.15, -0.1) is 18.3 Å². The molecule has 1 heterocycles. The van der Waals surface area contributed by atoms with Crippen molar-refractivity contribution in [2.24, 2.45) is 5.92 Å². The number of likely N-dealkylation sites (tertiary alicyclic amines) is 1. The lowest BCUT2D eigenvalue weighted by Crippen LogP contribution is -2.48. The van der Waals surface area contributed by atoms with E-state index in [9.17, 15) is 0 Å². The van der Waals surface area contributed by atoms with Gasteiger partial charge in [0.1, 0.15) is 0 Å². The van der Waals surface area contributed by atoms with E-state index >= 15 is 0 Å². The maximum absolute atomic E-state index is 4.01. The normalized spacial score (nSPS) is 24.6. The molecular formula is C22H27NS. The van der Waals surface area contributed by atoms with E-state index < -0.39 is 0 Å². The van der Waals surface area contributed by atoms with Crippen molar-refractivity contribution in [3.05, 3.63) is 78.9 Å². The van der Waals surface area contributed by atoms with Crippen LogP contribution >= 0.6 is 11.8 Å². The highest BCUT2D eigenvalue weighted by Gasteiger charge is 2.35. The van der Waals surface area contributed by atoms with Gasteiger partial charge in [0, 0.05) is 22.7 Å². The number of benzene rings is 2. The van der Waals surface area contributed by atoms with Gasteiger partial charge in [-0.25, -0.2) is 0 Å². The lowest BCUT2D eigenvalue weighted by atomic mass is 9.86. The first-order valence-electron chi connectivity index (χ1n) is 8.88. The van der Waals surface area contributed by atoms with E-state index in [1.165, 1.54) is 23.4 Å². The minimum absolute atomic E-state index is 0.582. The van der Waals surface area contributed by atoms with Crippen LogP contribution in [-0.2, 0) is 6.54 Å². The Bertz CT molecular complexity index is 625. The Labute approximate surface area is 150 Å². The zero-order valence-corrected chi connectivity index (χ0v) is 15.3. The Morgan fingerprint density at radius 1 is 1.08 bits per heavy atom. The lowest BCUT2D eigenvalue weighted by molar-refractivity contribution is 0.104. The standard InChI is InChI=1S/C22H27NS/c1-3-10-21-18(2)23(17-19-11-6-4-7-12-19)16-15-22(21)24-20-13-8-5-9-14-20/h3-9,11-14,18,21-22H,1,10,15-17H2,2H3/t18-,21-,22-/m0/s1. The molecule has 1 aliphatic rings. The van der Waals surface area contributed by atoms with Gasteiger partial charge in [-0.2, -0.15) is 0 Å². The van der Waals surface area contributed by atoms with E-state index in [1.807, 2.05) is 0 Å². The summed E-state index contributed by atoms with van der Waals surface area (Å²) >= 11 is 2.05. The summed E-state index contributed by atoms with van der Waals surface area (Å²) in [5, 5.41) is 0.674. The number of hydrogen-bond donors (Lipinski definition) is 0. The molecule has 1 fully saturated rings. The lowest BCUT2D eigenvalue weighted by Gasteiger charge is -2.44. The molecule has 2 heteroatoms. The summed E-state index contributed by atoms with van der Waals surface area (Å²) in [5.74, 6) is 0.658. The molecule has 126 valence electrons. The maximum Gasteiger partial charge on any atom is 0.0236 e. The molecule has 3 atom stereocenters. The number of allylic oxidation sites excluding steroid dienone is 1. The maximum atomic E-state index is 4.01. The first-order valence-corrected chi connectivity index (χ1v) is 9.76. The zero-order chi connectivity index (χ0) is 16.8. The minimum atomic E-state index is 0.582. The van der Waals surface area contributed by atoms with Gasteiger partial charge < -0.3 is 0 Å². The van der Waals surface area contributed by atoms with Crippen LogP contribution in [0.25, 0.3) is 0 Å². The van der Waals surface area contributed by atoms with Crippen molar-refractivity contribution >= 4 is 11.8 Å². The molecule has 0 amide bonds. The fraction of sp³-hybridized carbons (Fsp3) is 0.364. The van der Waals surface area contributed by atoms with Crippen LogP contribution in [0, 0.1) is 5.92 Å². The predicted molar refractivity (Wildman–Crippen MR) is 105 cm³/mol. The van der Waals surface area contributed by atoms with Crippen LogP contribution in [-0.4, -0.2) is 22.7 Å². The summed E-state index contributed by atoms with van der Waals surface area (Å²) in [6.07, 6.45) is 4.44. The molecule has 1 aliphatic heterocycles. The van der Waals surface area contributed by atoms with Gasteiger partial charge >= 0.3 is 0 Å². The Hall–Kier alpha value is -1.51. The molecule has 2 aromatic carbocycles. The summed E-state index contributed by atoms with van der Waals surface area (Å²) in [7, 11) is 0. The molecule has 1 nitrogen and oxygen atoms in total. The SMILES string of the molecule is C=CC[C@@H]1[C@@H](Sc2ccccc2)CCN(Cc2ccccc2)[C@H]1C. The van der Waals surface area contributed by atoms with Crippen LogP contribution in [0.3, 0.4) is 0 Å². The van der Waals surface area contributed by atoms with Crippen LogP contribution in [0.2, 0.25) is 0 Å². The second kappa shape index (κ2) is 8.55. The third kappa shape index (κ3) is 4.31. The van der Waals surface area contributed by atoms with Crippen molar-refractivity contribution in [1.29, 1.82) is 0 Å². The van der Waals surface area contributed by atoms with Crippen LogP contribution in [0.1, 0.15) is 25.3 Å². The monoisotopic (exact) mass is 337 g/mol. The number of thioether (sulfide) groups is 1. The molecule has 3 rings (SSSR count). The number of piperidine rings is 1. The highest BCUT2D eigenvalue weighted by atomic mass is 32.2. The van der Waals surface area contributed by atoms with Gasteiger partial charge in [0.15, 0.2) is 0 Å². The average Bonchev–Trinajstić information content (AvgIpc) is 2.62. The third-order valence-corrected chi connectivity index (χ3v) is 6.50. The molecule has 0 aromatic heterocycles. The fourth-order valence-corrected chi connectivity index (χ4v) is 5.09. The summed E-state index contributed by atoms with van der Waals surface area (Å²) in [6, 6.07) is 22.3. The van der Waals surface area contributed by atoms with Crippen molar-refractivity contribution in [2.45, 2.75) is 42.5 Å². The highest BCUT2D eigenvalue weighted by Crippen LogP contribution is 2.39. The molecule has 0 radical (unpaired) electrons. The summed E-state index contributed by atoms with van der Waals surface area (Å²) in [6.45, 7) is 8.64. The van der Waals surface area contributed by atoms with Crippen LogP contribution in [0.4, 0.5) is 0 Å². The van der Waals surface area contributed by atoms with Gasteiger partial charge in [0.05, 0.1) is 0 Å². The average molecular weight is 338 g/mol. The summed E-state index contributed by atoms with van der Waals surface area (Å²) in [4.78, 5) is 4.03. The van der Waals surface area contributed by atoms with Gasteiger partial charge in [-0.05, 0) is 49.9 Å². The molecule has 24 heavy (non-hydrogen) atoms. The van der Waals surface area contributed by atoms with E-state index in [0.717, 1.165) is 13.0 Å². The third-order valence-electron chi connectivity index (χ3n) is 5.07. The molecule has 0 unspecified atom stereocenters. The molecular weight excluding hydrogens is 310 g/mol. The quantitative estimate of drug-likeness (QED) is 0.628. The van der Waals surface area contributed by atoms with E-state index in [2.05, 4.69) is 96.9 Å². The number of nitrogens with zero attached hydrogens (tertiary/aromatic N) is 1. The summed E-state index contributed by atoms with van der Waals surface area (Å²) in [5.41, 5.74) is 1.41. The van der Waals surface area contributed by atoms with Gasteiger partial charge in [0.25, 0.3) is 0 Å². The molecule has 0 N–H and O–H groups in total. The van der Waals surface area contributed by atoms with Crippen molar-refractivity contribution in [1.82, 2.24) is 4.90 Å². The van der Waals surface area contributed by atoms with Crippen molar-refractivity contribution in [3.63, 3.8) is 0 Å². The minimum Gasteiger partial charge on any atom is -0.296 e. The van der Waals surface area contributed by atoms with Crippen LogP contribution < -0.4 is 0 Å². The Morgan fingerprint density at radius 2 is 1.75 bits per heavy atom. The summed E-state index contributed by atoms with van der Waals surface area (Å²) < 4.78 is 0.